The van der Waals surface area contributed by atoms with Crippen molar-refractivity contribution in [3.05, 3.63) is 51.8 Å². The fourth-order valence-corrected chi connectivity index (χ4v) is 3.42. The Morgan fingerprint density at radius 2 is 1.80 bits per heavy atom. The number of amides is 1. The number of morpholine rings is 1. The van der Waals surface area contributed by atoms with Crippen molar-refractivity contribution in [2.45, 2.75) is 46.4 Å². The first-order valence-electron chi connectivity index (χ1n) is 8.58. The number of hydrogen-bond acceptors (Lipinski definition) is 3. The van der Waals surface area contributed by atoms with Crippen molar-refractivity contribution in [1.29, 1.82) is 0 Å². The number of carbonyl (C=O) groups is 1. The Morgan fingerprint density at radius 1 is 1.20 bits per heavy atom. The Bertz CT molecular complexity index is 760. The lowest BCUT2D eigenvalue weighted by Crippen LogP contribution is -2.48. The molecule has 1 fully saturated rings. The van der Waals surface area contributed by atoms with Crippen LogP contribution in [0.3, 0.4) is 0 Å². The van der Waals surface area contributed by atoms with Gasteiger partial charge < -0.3 is 9.64 Å². The van der Waals surface area contributed by atoms with E-state index in [0.29, 0.717) is 30.2 Å². The highest BCUT2D eigenvalue weighted by Gasteiger charge is 2.26. The van der Waals surface area contributed by atoms with Crippen molar-refractivity contribution in [2.75, 3.05) is 13.1 Å². The topological polar surface area (TPSA) is 47.4 Å². The summed E-state index contributed by atoms with van der Waals surface area (Å²) in [6.07, 6.45) is 0.144. The van der Waals surface area contributed by atoms with E-state index >= 15 is 0 Å². The molecule has 1 aromatic carbocycles. The molecule has 1 saturated heterocycles. The third-order valence-electron chi connectivity index (χ3n) is 4.53. The van der Waals surface area contributed by atoms with Gasteiger partial charge in [-0.05, 0) is 45.4 Å². The molecular weight excluding hydrogens is 338 g/mol. The van der Waals surface area contributed by atoms with Crippen LogP contribution in [0.25, 0.3) is 0 Å². The van der Waals surface area contributed by atoms with E-state index in [-0.39, 0.29) is 18.1 Å². The highest BCUT2D eigenvalue weighted by Crippen LogP contribution is 2.20. The van der Waals surface area contributed by atoms with Crippen LogP contribution in [0.4, 0.5) is 0 Å². The van der Waals surface area contributed by atoms with Gasteiger partial charge in [0.25, 0.3) is 5.91 Å². The predicted molar refractivity (Wildman–Crippen MR) is 98.2 cm³/mol. The van der Waals surface area contributed by atoms with Gasteiger partial charge >= 0.3 is 0 Å². The number of rotatable bonds is 3. The first kappa shape index (κ1) is 18.0. The van der Waals surface area contributed by atoms with Gasteiger partial charge in [0.2, 0.25) is 0 Å². The van der Waals surface area contributed by atoms with Crippen LogP contribution in [0.15, 0.2) is 24.3 Å². The SMILES string of the molecule is Cc1nn(Cc2ccc(C(=O)N3C[C@H](C)O[C@@H](C)C3)cc2)c(C)c1Cl. The van der Waals surface area contributed by atoms with Crippen molar-refractivity contribution < 1.29 is 9.53 Å². The second-order valence-corrected chi connectivity index (χ2v) is 7.18. The summed E-state index contributed by atoms with van der Waals surface area (Å²) in [5.74, 6) is 0.0581. The molecule has 6 heteroatoms. The minimum absolute atomic E-state index is 0.0581. The van der Waals surface area contributed by atoms with Gasteiger partial charge in [0.1, 0.15) is 0 Å². The molecule has 3 rings (SSSR count). The summed E-state index contributed by atoms with van der Waals surface area (Å²) < 4.78 is 7.59. The van der Waals surface area contributed by atoms with Crippen molar-refractivity contribution in [2.24, 2.45) is 0 Å². The average molecular weight is 362 g/mol. The van der Waals surface area contributed by atoms with E-state index in [1.54, 1.807) is 0 Å². The number of aromatic nitrogens is 2. The van der Waals surface area contributed by atoms with Gasteiger partial charge in [0.15, 0.2) is 0 Å². The van der Waals surface area contributed by atoms with Crippen molar-refractivity contribution in [3.8, 4) is 0 Å². The van der Waals surface area contributed by atoms with Crippen molar-refractivity contribution >= 4 is 17.5 Å². The predicted octanol–water partition coefficient (Wildman–Crippen LogP) is 3.45. The average Bonchev–Trinajstić information content (AvgIpc) is 2.81. The van der Waals surface area contributed by atoms with Crippen LogP contribution < -0.4 is 0 Å². The van der Waals surface area contributed by atoms with Gasteiger partial charge in [-0.25, -0.2) is 0 Å². The molecular formula is C19H24ClN3O2. The quantitative estimate of drug-likeness (QED) is 0.841. The summed E-state index contributed by atoms with van der Waals surface area (Å²) in [4.78, 5) is 14.6. The second-order valence-electron chi connectivity index (χ2n) is 6.81. The van der Waals surface area contributed by atoms with E-state index < -0.39 is 0 Å². The van der Waals surface area contributed by atoms with Gasteiger partial charge in [0.05, 0.1) is 35.2 Å². The van der Waals surface area contributed by atoms with E-state index in [0.717, 1.165) is 17.0 Å². The second kappa shape index (κ2) is 7.18. The smallest absolute Gasteiger partial charge is 0.254 e. The van der Waals surface area contributed by atoms with Gasteiger partial charge in [-0.15, -0.1) is 0 Å². The monoisotopic (exact) mass is 361 g/mol. The molecule has 0 radical (unpaired) electrons. The lowest BCUT2D eigenvalue weighted by molar-refractivity contribution is -0.0586. The largest absolute Gasteiger partial charge is 0.372 e. The molecule has 1 aliphatic heterocycles. The van der Waals surface area contributed by atoms with Crippen LogP contribution in [-0.4, -0.2) is 45.9 Å². The number of aryl methyl sites for hydroxylation is 1. The Balaban J connectivity index is 1.71. The number of nitrogens with zero attached hydrogens (tertiary/aromatic N) is 3. The molecule has 2 heterocycles. The van der Waals surface area contributed by atoms with Gasteiger partial charge in [0, 0.05) is 18.7 Å². The lowest BCUT2D eigenvalue weighted by Gasteiger charge is -2.35. The highest BCUT2D eigenvalue weighted by atomic mass is 35.5. The zero-order chi connectivity index (χ0) is 18.1. The number of benzene rings is 1. The van der Waals surface area contributed by atoms with E-state index in [1.165, 1.54) is 0 Å². The van der Waals surface area contributed by atoms with Gasteiger partial charge in [-0.3, -0.25) is 9.48 Å². The molecule has 25 heavy (non-hydrogen) atoms. The van der Waals surface area contributed by atoms with E-state index in [9.17, 15) is 4.79 Å². The number of hydrogen-bond donors (Lipinski definition) is 0. The Morgan fingerprint density at radius 3 is 2.32 bits per heavy atom. The van der Waals surface area contributed by atoms with Crippen LogP contribution in [0.1, 0.15) is 41.2 Å². The molecule has 0 N–H and O–H groups in total. The maximum atomic E-state index is 12.7. The number of ether oxygens (including phenoxy) is 1. The van der Waals surface area contributed by atoms with Crippen molar-refractivity contribution in [3.63, 3.8) is 0 Å². The molecule has 2 atom stereocenters. The number of halogens is 1. The standard InChI is InChI=1S/C19H24ClN3O2/c1-12-9-22(10-13(2)25-12)19(24)17-7-5-16(6-8-17)11-23-15(4)18(20)14(3)21-23/h5-8,12-13H,9-11H2,1-4H3/t12-,13-/m0/s1. The van der Waals surface area contributed by atoms with Crippen molar-refractivity contribution in [1.82, 2.24) is 14.7 Å². The molecule has 0 unspecified atom stereocenters. The first-order valence-corrected chi connectivity index (χ1v) is 8.96. The molecule has 0 spiro atoms. The molecule has 134 valence electrons. The minimum Gasteiger partial charge on any atom is -0.372 e. The van der Waals surface area contributed by atoms with Crippen LogP contribution in [-0.2, 0) is 11.3 Å². The Labute approximate surface area is 153 Å². The molecule has 1 amide bonds. The maximum Gasteiger partial charge on any atom is 0.254 e. The first-order chi connectivity index (χ1) is 11.8. The zero-order valence-electron chi connectivity index (χ0n) is 15.1. The Hall–Kier alpha value is -1.85. The molecule has 5 nitrogen and oxygen atoms in total. The summed E-state index contributed by atoms with van der Waals surface area (Å²) in [6, 6.07) is 7.72. The summed E-state index contributed by atoms with van der Waals surface area (Å²) >= 11 is 6.20. The summed E-state index contributed by atoms with van der Waals surface area (Å²) in [5, 5.41) is 5.16. The van der Waals surface area contributed by atoms with E-state index in [2.05, 4.69) is 5.10 Å². The zero-order valence-corrected chi connectivity index (χ0v) is 15.9. The van der Waals surface area contributed by atoms with E-state index in [4.69, 9.17) is 16.3 Å². The fraction of sp³-hybridized carbons (Fsp3) is 0.474. The third kappa shape index (κ3) is 3.88. The number of carbonyl (C=O) groups excluding carboxylic acids is 1. The molecule has 0 aliphatic carbocycles. The fourth-order valence-electron chi connectivity index (χ4n) is 3.28. The van der Waals surface area contributed by atoms with Crippen LogP contribution in [0, 0.1) is 13.8 Å². The summed E-state index contributed by atoms with van der Waals surface area (Å²) in [5.41, 5.74) is 3.58. The molecule has 1 aliphatic rings. The lowest BCUT2D eigenvalue weighted by atomic mass is 10.1. The third-order valence-corrected chi connectivity index (χ3v) is 5.08. The summed E-state index contributed by atoms with van der Waals surface area (Å²) in [6.45, 7) is 9.76. The molecule has 1 aromatic heterocycles. The van der Waals surface area contributed by atoms with Crippen LogP contribution in [0.5, 0.6) is 0 Å². The highest BCUT2D eigenvalue weighted by molar-refractivity contribution is 6.31. The van der Waals surface area contributed by atoms with Gasteiger partial charge in [-0.1, -0.05) is 23.7 Å². The molecule has 2 aromatic rings. The Kier molecular flexibility index (Phi) is 5.16. The normalized spacial score (nSPS) is 20.8. The van der Waals surface area contributed by atoms with E-state index in [1.807, 2.05) is 61.5 Å². The minimum atomic E-state index is 0.0581. The van der Waals surface area contributed by atoms with Gasteiger partial charge in [-0.2, -0.15) is 5.10 Å². The maximum absolute atomic E-state index is 12.7. The molecule has 0 saturated carbocycles. The van der Waals surface area contributed by atoms with Crippen LogP contribution in [0.2, 0.25) is 5.02 Å². The molecule has 0 bridgehead atoms. The summed E-state index contributed by atoms with van der Waals surface area (Å²) in [7, 11) is 0. The van der Waals surface area contributed by atoms with Crippen LogP contribution >= 0.6 is 11.6 Å².